The summed E-state index contributed by atoms with van der Waals surface area (Å²) >= 11 is 0. The van der Waals surface area contributed by atoms with Crippen molar-refractivity contribution in [2.45, 2.75) is 60.2 Å². The first kappa shape index (κ1) is 34.4. The van der Waals surface area contributed by atoms with E-state index in [0.29, 0.717) is 5.56 Å². The number of hydrogen-bond acceptors (Lipinski definition) is 4. The maximum atomic E-state index is 12.2. The van der Waals surface area contributed by atoms with Crippen LogP contribution in [0.2, 0.25) is 0 Å². The van der Waals surface area contributed by atoms with Crippen LogP contribution in [0.15, 0.2) is 83.5 Å². The minimum atomic E-state index is -0.521. The largest absolute Gasteiger partial charge is 0.468 e. The van der Waals surface area contributed by atoms with Crippen LogP contribution < -0.4 is 10.6 Å². The number of carbonyl (C=O) groups excluding carboxylic acids is 1. The molecule has 3 aromatic carbocycles. The van der Waals surface area contributed by atoms with Gasteiger partial charge in [0, 0.05) is 25.7 Å². The number of nitrogens with one attached hydrogen (secondary N) is 2. The van der Waals surface area contributed by atoms with E-state index < -0.39 is 11.6 Å². The molecule has 0 saturated carbocycles. The molecule has 226 valence electrons. The third kappa shape index (κ3) is 14.7. The van der Waals surface area contributed by atoms with Crippen LogP contribution in [-0.2, 0) is 30.8 Å². The Hall–Kier alpha value is -3.81. The Morgan fingerprint density at radius 2 is 1.45 bits per heavy atom. The summed E-state index contributed by atoms with van der Waals surface area (Å²) in [7, 11) is 2.11. The van der Waals surface area contributed by atoms with Crippen LogP contribution in [0.1, 0.15) is 52.5 Å². The summed E-state index contributed by atoms with van der Waals surface area (Å²) in [5.41, 5.74) is 7.31. The maximum Gasteiger partial charge on any atom is 0.207 e. The molecule has 0 aliphatic carbocycles. The zero-order valence-corrected chi connectivity index (χ0v) is 25.6. The number of aryl methyl sites for hydroxylation is 4. The molecular formula is C35H45F2N3O2. The van der Waals surface area contributed by atoms with Crippen molar-refractivity contribution >= 4 is 6.41 Å². The van der Waals surface area contributed by atoms with Crippen LogP contribution >= 0.6 is 0 Å². The van der Waals surface area contributed by atoms with Crippen LogP contribution in [0.3, 0.4) is 0 Å². The van der Waals surface area contributed by atoms with Crippen LogP contribution in [0, 0.1) is 32.4 Å². The van der Waals surface area contributed by atoms with E-state index in [-0.39, 0.29) is 0 Å². The second kappa shape index (κ2) is 19.3. The van der Waals surface area contributed by atoms with Gasteiger partial charge in [-0.05, 0) is 93.7 Å². The minimum absolute atomic E-state index is 0.521. The zero-order chi connectivity index (χ0) is 30.7. The van der Waals surface area contributed by atoms with Gasteiger partial charge in [0.1, 0.15) is 17.4 Å². The molecule has 1 heterocycles. The molecule has 0 radical (unpaired) electrons. The number of carbonyl (C=O) groups is 1. The minimum Gasteiger partial charge on any atom is -0.468 e. The first-order valence-corrected chi connectivity index (χ1v) is 14.3. The first-order valence-electron chi connectivity index (χ1n) is 14.3. The third-order valence-electron chi connectivity index (χ3n) is 6.23. The van der Waals surface area contributed by atoms with E-state index in [0.717, 1.165) is 63.8 Å². The van der Waals surface area contributed by atoms with Gasteiger partial charge in [-0.1, -0.05) is 60.5 Å². The van der Waals surface area contributed by atoms with Crippen LogP contribution in [0.4, 0.5) is 8.78 Å². The fourth-order valence-corrected chi connectivity index (χ4v) is 4.45. The van der Waals surface area contributed by atoms with Gasteiger partial charge in [-0.15, -0.1) is 0 Å². The van der Waals surface area contributed by atoms with Crippen molar-refractivity contribution in [1.29, 1.82) is 0 Å². The Bertz CT molecular complexity index is 1260. The summed E-state index contributed by atoms with van der Waals surface area (Å²) in [6.45, 7) is 12.5. The Kier molecular flexibility index (Phi) is 15.8. The number of furan rings is 1. The molecule has 42 heavy (non-hydrogen) atoms. The number of benzene rings is 3. The van der Waals surface area contributed by atoms with Gasteiger partial charge in [0.2, 0.25) is 6.41 Å². The Morgan fingerprint density at radius 3 is 2.05 bits per heavy atom. The van der Waals surface area contributed by atoms with Crippen LogP contribution in [-0.4, -0.2) is 31.4 Å². The molecule has 4 aromatic rings. The third-order valence-corrected chi connectivity index (χ3v) is 6.23. The van der Waals surface area contributed by atoms with Gasteiger partial charge in [0.25, 0.3) is 0 Å². The van der Waals surface area contributed by atoms with Crippen molar-refractivity contribution < 1.29 is 18.0 Å². The number of halogens is 2. The van der Waals surface area contributed by atoms with E-state index in [1.165, 1.54) is 39.9 Å². The van der Waals surface area contributed by atoms with E-state index >= 15 is 0 Å². The number of nitrogens with zero attached hydrogens (tertiary/aromatic N) is 1. The molecular weight excluding hydrogens is 532 g/mol. The maximum absolute atomic E-state index is 12.2. The summed E-state index contributed by atoms with van der Waals surface area (Å²) in [6, 6.07) is 22.7. The van der Waals surface area contributed by atoms with Gasteiger partial charge in [-0.25, -0.2) is 8.78 Å². The highest BCUT2D eigenvalue weighted by Gasteiger charge is 2.04. The molecule has 5 nitrogen and oxygen atoms in total. The lowest BCUT2D eigenvalue weighted by molar-refractivity contribution is -0.109. The average Bonchev–Trinajstić information content (AvgIpc) is 3.43. The molecule has 0 aliphatic heterocycles. The van der Waals surface area contributed by atoms with Crippen LogP contribution in [0.25, 0.3) is 0 Å². The van der Waals surface area contributed by atoms with Crippen molar-refractivity contribution in [3.8, 4) is 0 Å². The van der Waals surface area contributed by atoms with Crippen molar-refractivity contribution in [2.24, 2.45) is 0 Å². The summed E-state index contributed by atoms with van der Waals surface area (Å²) in [5, 5.41) is 6.00. The van der Waals surface area contributed by atoms with Crippen LogP contribution in [0.5, 0.6) is 0 Å². The average molecular weight is 578 g/mol. The Balaban J connectivity index is 0.000000230. The SMILES string of the molecule is CCc1cccc(CNCCCNC=O)c1.Cc1cc(C)cc(CN(C)Cc2ccco2)c1.Cc1cc(F)cc(F)c1. The molecule has 4 rings (SSSR count). The standard InChI is InChI=1S/C15H19NO.C13H20N2O.C7H6F2/c1-12-7-13(2)9-14(8-12)10-16(3)11-15-5-4-6-17-15;1-2-12-5-3-6-13(9-12)10-14-7-4-8-15-11-16;1-5-2-6(8)4-7(9)3-5/h4-9H,10-11H2,1-3H3;3,5-6,9,11,14H,2,4,7-8,10H2,1H3,(H,15,16);2-4H,1H3. The molecule has 0 bridgehead atoms. The molecule has 0 unspecified atom stereocenters. The molecule has 1 amide bonds. The van der Waals surface area contributed by atoms with Gasteiger partial charge in [0.15, 0.2) is 0 Å². The molecule has 0 spiro atoms. The number of rotatable bonds is 12. The molecule has 0 aliphatic rings. The summed E-state index contributed by atoms with van der Waals surface area (Å²) in [6.07, 6.45) is 4.51. The zero-order valence-electron chi connectivity index (χ0n) is 25.6. The second-order valence-corrected chi connectivity index (χ2v) is 10.5. The van der Waals surface area contributed by atoms with E-state index in [4.69, 9.17) is 4.42 Å². The molecule has 1 aromatic heterocycles. The molecule has 0 fully saturated rings. The van der Waals surface area contributed by atoms with Crippen molar-refractivity contribution in [2.75, 3.05) is 20.1 Å². The lowest BCUT2D eigenvalue weighted by Crippen LogP contribution is -2.20. The summed E-state index contributed by atoms with van der Waals surface area (Å²) in [5.74, 6) is -0.0307. The van der Waals surface area contributed by atoms with E-state index in [9.17, 15) is 13.6 Å². The first-order chi connectivity index (χ1) is 20.2. The number of amides is 1. The van der Waals surface area contributed by atoms with E-state index in [1.54, 1.807) is 13.2 Å². The Labute approximate surface area is 250 Å². The summed E-state index contributed by atoms with van der Waals surface area (Å²) in [4.78, 5) is 12.3. The topological polar surface area (TPSA) is 57.5 Å². The van der Waals surface area contributed by atoms with Gasteiger partial charge in [0.05, 0.1) is 12.8 Å². The fraction of sp³-hybridized carbons (Fsp3) is 0.343. The molecule has 7 heteroatoms. The van der Waals surface area contributed by atoms with Gasteiger partial charge < -0.3 is 15.1 Å². The lowest BCUT2D eigenvalue weighted by atomic mass is 10.1. The predicted molar refractivity (Wildman–Crippen MR) is 167 cm³/mol. The van der Waals surface area contributed by atoms with E-state index in [2.05, 4.69) is 85.8 Å². The molecule has 0 saturated heterocycles. The Morgan fingerprint density at radius 1 is 0.786 bits per heavy atom. The fourth-order valence-electron chi connectivity index (χ4n) is 4.45. The monoisotopic (exact) mass is 577 g/mol. The number of hydrogen-bond donors (Lipinski definition) is 2. The van der Waals surface area contributed by atoms with Crippen molar-refractivity contribution in [3.05, 3.63) is 130 Å². The van der Waals surface area contributed by atoms with Crippen molar-refractivity contribution in [1.82, 2.24) is 15.5 Å². The smallest absolute Gasteiger partial charge is 0.207 e. The normalized spacial score (nSPS) is 10.4. The van der Waals surface area contributed by atoms with Gasteiger partial charge in [-0.2, -0.15) is 0 Å². The highest BCUT2D eigenvalue weighted by atomic mass is 19.1. The highest BCUT2D eigenvalue weighted by Crippen LogP contribution is 2.13. The van der Waals surface area contributed by atoms with E-state index in [1.807, 2.05) is 12.1 Å². The molecule has 2 N–H and O–H groups in total. The molecule has 0 atom stereocenters. The quantitative estimate of drug-likeness (QED) is 0.137. The lowest BCUT2D eigenvalue weighted by Gasteiger charge is -2.16. The highest BCUT2D eigenvalue weighted by molar-refractivity contribution is 5.45. The second-order valence-electron chi connectivity index (χ2n) is 10.5. The van der Waals surface area contributed by atoms with Gasteiger partial charge >= 0.3 is 0 Å². The summed E-state index contributed by atoms with van der Waals surface area (Å²) < 4.78 is 29.7. The van der Waals surface area contributed by atoms with Gasteiger partial charge in [-0.3, -0.25) is 9.69 Å². The predicted octanol–water partition coefficient (Wildman–Crippen LogP) is 7.28. The van der Waals surface area contributed by atoms with Crippen molar-refractivity contribution in [3.63, 3.8) is 0 Å².